The van der Waals surface area contributed by atoms with Gasteiger partial charge in [-0.3, -0.25) is 0 Å². The predicted molar refractivity (Wildman–Crippen MR) is 135 cm³/mol. The van der Waals surface area contributed by atoms with E-state index in [-0.39, 0.29) is 0 Å². The van der Waals surface area contributed by atoms with Crippen molar-refractivity contribution in [3.63, 3.8) is 0 Å². The monoisotopic (exact) mass is 444 g/mol. The lowest BCUT2D eigenvalue weighted by atomic mass is 10.0. The van der Waals surface area contributed by atoms with E-state index in [0.717, 1.165) is 34.1 Å². The highest BCUT2D eigenvalue weighted by Gasteiger charge is 2.23. The summed E-state index contributed by atoms with van der Waals surface area (Å²) in [6.07, 6.45) is 4.40. The number of nitrogens with zero attached hydrogens (tertiary/aromatic N) is 3. The third kappa shape index (κ3) is 4.08. The minimum absolute atomic E-state index is 0.501. The van der Waals surface area contributed by atoms with Gasteiger partial charge in [-0.25, -0.2) is 9.97 Å². The summed E-state index contributed by atoms with van der Waals surface area (Å²) >= 11 is 0. The Hall–Kier alpha value is -4.25. The quantitative estimate of drug-likeness (QED) is 0.296. The van der Waals surface area contributed by atoms with E-state index in [4.69, 9.17) is 4.52 Å². The Labute approximate surface area is 198 Å². The van der Waals surface area contributed by atoms with Gasteiger partial charge in [0.05, 0.1) is 5.69 Å². The molecule has 2 aromatic heterocycles. The van der Waals surface area contributed by atoms with Crippen molar-refractivity contribution in [3.05, 3.63) is 102 Å². The normalized spacial score (nSPS) is 13.1. The van der Waals surface area contributed by atoms with E-state index in [1.54, 1.807) is 6.20 Å². The maximum Gasteiger partial charge on any atom is 0.227 e. The van der Waals surface area contributed by atoms with Crippen molar-refractivity contribution < 1.29 is 4.52 Å². The summed E-state index contributed by atoms with van der Waals surface area (Å²) in [5, 5.41) is 7.51. The zero-order valence-corrected chi connectivity index (χ0v) is 18.9. The molecule has 5 nitrogen and oxygen atoms in total. The van der Waals surface area contributed by atoms with Gasteiger partial charge in [0.15, 0.2) is 5.76 Å². The molecule has 166 valence electrons. The molecule has 1 fully saturated rings. The molecular formula is C29H24N4O. The Morgan fingerprint density at radius 3 is 2.15 bits per heavy atom. The lowest BCUT2D eigenvalue weighted by molar-refractivity contribution is 0.427. The van der Waals surface area contributed by atoms with Crippen LogP contribution in [0, 0.1) is 6.92 Å². The average molecular weight is 445 g/mol. The van der Waals surface area contributed by atoms with Crippen molar-refractivity contribution >= 4 is 11.6 Å². The number of hydrogen-bond acceptors (Lipinski definition) is 5. The van der Waals surface area contributed by atoms with Crippen molar-refractivity contribution in [1.82, 2.24) is 15.1 Å². The van der Waals surface area contributed by atoms with Crippen LogP contribution >= 0.6 is 0 Å². The van der Waals surface area contributed by atoms with Crippen molar-refractivity contribution in [2.45, 2.75) is 25.7 Å². The van der Waals surface area contributed by atoms with Gasteiger partial charge >= 0.3 is 0 Å². The smallest absolute Gasteiger partial charge is 0.227 e. The first-order chi connectivity index (χ1) is 16.7. The van der Waals surface area contributed by atoms with Crippen molar-refractivity contribution in [1.29, 1.82) is 0 Å². The second-order valence-corrected chi connectivity index (χ2v) is 8.70. The van der Waals surface area contributed by atoms with Gasteiger partial charge in [-0.1, -0.05) is 84.0 Å². The second-order valence-electron chi connectivity index (χ2n) is 8.70. The Bertz CT molecular complexity index is 1420. The van der Waals surface area contributed by atoms with E-state index in [1.165, 1.54) is 29.5 Å². The summed E-state index contributed by atoms with van der Waals surface area (Å²) in [5.41, 5.74) is 8.20. The van der Waals surface area contributed by atoms with Gasteiger partial charge in [0, 0.05) is 17.3 Å². The van der Waals surface area contributed by atoms with Crippen LogP contribution in [0.2, 0.25) is 0 Å². The minimum atomic E-state index is 0.501. The van der Waals surface area contributed by atoms with Crippen LogP contribution in [0.3, 0.4) is 0 Å². The van der Waals surface area contributed by atoms with Gasteiger partial charge in [0.25, 0.3) is 0 Å². The molecule has 0 bridgehead atoms. The Kier molecular flexibility index (Phi) is 5.15. The number of hydrogen-bond donors (Lipinski definition) is 1. The molecule has 34 heavy (non-hydrogen) atoms. The zero-order valence-electron chi connectivity index (χ0n) is 18.9. The van der Waals surface area contributed by atoms with Crippen molar-refractivity contribution in [2.75, 3.05) is 5.32 Å². The SMILES string of the molecule is Cc1noc(-c2ccc(-c3ccc(C4CC4)cc3)cc2)c1Nc1nccc(-c2ccccc2)n1. The summed E-state index contributed by atoms with van der Waals surface area (Å²) in [6.45, 7) is 1.91. The molecule has 5 heteroatoms. The highest BCUT2D eigenvalue weighted by atomic mass is 16.5. The van der Waals surface area contributed by atoms with Crippen LogP contribution in [0.15, 0.2) is 95.6 Å². The summed E-state index contributed by atoms with van der Waals surface area (Å²) in [7, 11) is 0. The molecule has 3 aromatic carbocycles. The summed E-state index contributed by atoms with van der Waals surface area (Å²) in [4.78, 5) is 9.08. The van der Waals surface area contributed by atoms with E-state index < -0.39 is 0 Å². The maximum atomic E-state index is 5.70. The zero-order chi connectivity index (χ0) is 22.9. The van der Waals surface area contributed by atoms with Gasteiger partial charge < -0.3 is 9.84 Å². The second kappa shape index (κ2) is 8.60. The molecule has 0 unspecified atom stereocenters. The largest absolute Gasteiger partial charge is 0.354 e. The molecule has 1 aliphatic rings. The molecule has 1 aliphatic carbocycles. The summed E-state index contributed by atoms with van der Waals surface area (Å²) in [6, 6.07) is 29.3. The molecule has 5 aromatic rings. The summed E-state index contributed by atoms with van der Waals surface area (Å²) in [5.74, 6) is 1.94. The van der Waals surface area contributed by atoms with Crippen LogP contribution in [0.5, 0.6) is 0 Å². The standard InChI is InChI=1S/C29H24N4O/c1-19-27(32-29-30-18-17-26(31-29)24-5-3-2-4-6-24)28(34-33-19)25-15-13-23(14-16-25)22-11-9-21(10-12-22)20-7-8-20/h2-6,9-18,20H,7-8H2,1H3,(H,30,31,32). The van der Waals surface area contributed by atoms with Crippen molar-refractivity contribution in [2.24, 2.45) is 0 Å². The highest BCUT2D eigenvalue weighted by Crippen LogP contribution is 2.40. The molecule has 1 saturated carbocycles. The highest BCUT2D eigenvalue weighted by molar-refractivity contribution is 5.79. The van der Waals surface area contributed by atoms with E-state index in [9.17, 15) is 0 Å². The molecule has 0 amide bonds. The number of rotatable bonds is 6. The van der Waals surface area contributed by atoms with Crippen LogP contribution in [0.4, 0.5) is 11.6 Å². The van der Waals surface area contributed by atoms with Gasteiger partial charge in [0.2, 0.25) is 5.95 Å². The van der Waals surface area contributed by atoms with Gasteiger partial charge in [0.1, 0.15) is 11.4 Å². The number of anilines is 2. The molecule has 1 N–H and O–H groups in total. The van der Waals surface area contributed by atoms with Crippen molar-refractivity contribution in [3.8, 4) is 33.7 Å². The molecule has 2 heterocycles. The van der Waals surface area contributed by atoms with Gasteiger partial charge in [-0.05, 0) is 48.4 Å². The average Bonchev–Trinajstić information content (AvgIpc) is 3.69. The van der Waals surface area contributed by atoms with E-state index in [0.29, 0.717) is 11.7 Å². The fourth-order valence-corrected chi connectivity index (χ4v) is 4.19. The topological polar surface area (TPSA) is 63.8 Å². The molecule has 0 spiro atoms. The van der Waals surface area contributed by atoms with Gasteiger partial charge in [-0.2, -0.15) is 0 Å². The lowest BCUT2D eigenvalue weighted by Crippen LogP contribution is -1.99. The van der Waals surface area contributed by atoms with E-state index in [1.807, 2.05) is 43.3 Å². The molecule has 0 radical (unpaired) electrons. The summed E-state index contributed by atoms with van der Waals surface area (Å²) < 4.78 is 5.70. The number of aryl methyl sites for hydroxylation is 1. The molecule has 6 rings (SSSR count). The molecule has 0 aliphatic heterocycles. The molecule has 0 saturated heterocycles. The predicted octanol–water partition coefficient (Wildman–Crippen LogP) is 7.40. The fourth-order valence-electron chi connectivity index (χ4n) is 4.19. The Morgan fingerprint density at radius 1 is 0.765 bits per heavy atom. The van der Waals surface area contributed by atoms with Crippen LogP contribution in [0.25, 0.3) is 33.7 Å². The van der Waals surface area contributed by atoms with Crippen LogP contribution in [0.1, 0.15) is 30.0 Å². The third-order valence-corrected chi connectivity index (χ3v) is 6.26. The number of benzene rings is 3. The fraction of sp³-hybridized carbons (Fsp3) is 0.138. The number of aromatic nitrogens is 3. The minimum Gasteiger partial charge on any atom is -0.354 e. The Morgan fingerprint density at radius 2 is 1.44 bits per heavy atom. The van der Waals surface area contributed by atoms with Crippen LogP contribution in [-0.2, 0) is 0 Å². The lowest BCUT2D eigenvalue weighted by Gasteiger charge is -2.08. The third-order valence-electron chi connectivity index (χ3n) is 6.26. The first-order valence-electron chi connectivity index (χ1n) is 11.6. The number of nitrogens with one attached hydrogen (secondary N) is 1. The Balaban J connectivity index is 1.26. The van der Waals surface area contributed by atoms with E-state index >= 15 is 0 Å². The molecule has 0 atom stereocenters. The van der Waals surface area contributed by atoms with Crippen LogP contribution in [-0.4, -0.2) is 15.1 Å². The van der Waals surface area contributed by atoms with Gasteiger partial charge in [-0.15, -0.1) is 0 Å². The first kappa shape index (κ1) is 20.4. The van der Waals surface area contributed by atoms with Crippen LogP contribution < -0.4 is 5.32 Å². The maximum absolute atomic E-state index is 5.70. The molecular weight excluding hydrogens is 420 g/mol. The first-order valence-corrected chi connectivity index (χ1v) is 11.6. The van der Waals surface area contributed by atoms with E-state index in [2.05, 4.69) is 69.0 Å².